The Kier molecular flexibility index (Phi) is 4.93. The van der Waals surface area contributed by atoms with Crippen LogP contribution in [0.4, 0.5) is 0 Å². The summed E-state index contributed by atoms with van der Waals surface area (Å²) in [5.41, 5.74) is 1.79. The Labute approximate surface area is 150 Å². The lowest BCUT2D eigenvalue weighted by atomic mass is 9.82. The molecule has 1 saturated heterocycles. The van der Waals surface area contributed by atoms with Gasteiger partial charge in [-0.15, -0.1) is 11.6 Å². The van der Waals surface area contributed by atoms with Gasteiger partial charge in [0.1, 0.15) is 6.10 Å². The molecule has 3 rings (SSSR count). The van der Waals surface area contributed by atoms with E-state index in [1.54, 1.807) is 6.07 Å². The molecule has 1 fully saturated rings. The minimum atomic E-state index is -0.626. The standard InChI is InChI=1S/C17H17Cl3O3/c18-10-1-2-14-13(7-10)15(19)4-6-17(14,20)5-3-12-8-11(21)9-16(22)23-12/h1-2,4,7,11-12,21H,3,5-6,8-9H2/t11-,12-,17?/m1/s1. The summed E-state index contributed by atoms with van der Waals surface area (Å²) in [6, 6.07) is 5.52. The highest BCUT2D eigenvalue weighted by Gasteiger charge is 2.36. The molecule has 0 spiro atoms. The SMILES string of the molecule is O=C1C[C@H](O)C[C@@H](CCC2(Cl)CC=C(Cl)c3cc(Cl)ccc32)O1. The fourth-order valence-electron chi connectivity index (χ4n) is 3.24. The smallest absolute Gasteiger partial charge is 0.308 e. The summed E-state index contributed by atoms with van der Waals surface area (Å²) < 4.78 is 5.30. The van der Waals surface area contributed by atoms with Crippen LogP contribution >= 0.6 is 34.8 Å². The Bertz CT molecular complexity index is 658. The lowest BCUT2D eigenvalue weighted by molar-refractivity contribution is -0.160. The first-order valence-corrected chi connectivity index (χ1v) is 8.73. The molecule has 3 atom stereocenters. The number of hydrogen-bond acceptors (Lipinski definition) is 3. The van der Waals surface area contributed by atoms with Crippen LogP contribution in [0.15, 0.2) is 24.3 Å². The number of fused-ring (bicyclic) bond motifs is 1. The maximum Gasteiger partial charge on any atom is 0.308 e. The molecule has 0 saturated carbocycles. The maximum absolute atomic E-state index is 11.4. The van der Waals surface area contributed by atoms with Gasteiger partial charge in [0, 0.05) is 16.5 Å². The van der Waals surface area contributed by atoms with Gasteiger partial charge in [-0.25, -0.2) is 0 Å². The highest BCUT2D eigenvalue weighted by molar-refractivity contribution is 6.49. The molecule has 1 aromatic carbocycles. The van der Waals surface area contributed by atoms with Crippen molar-refractivity contribution in [2.75, 3.05) is 0 Å². The molecule has 1 unspecified atom stereocenters. The van der Waals surface area contributed by atoms with Crippen LogP contribution in [-0.4, -0.2) is 23.3 Å². The van der Waals surface area contributed by atoms with E-state index in [1.165, 1.54) is 0 Å². The number of allylic oxidation sites excluding steroid dienone is 1. The van der Waals surface area contributed by atoms with Gasteiger partial charge in [0.25, 0.3) is 0 Å². The average Bonchev–Trinajstić information content (AvgIpc) is 2.49. The number of carbonyl (C=O) groups excluding carboxylic acids is 1. The lowest BCUT2D eigenvalue weighted by Crippen LogP contribution is -2.34. The first-order chi connectivity index (χ1) is 10.9. The Hall–Kier alpha value is -0.740. The molecule has 0 radical (unpaired) electrons. The van der Waals surface area contributed by atoms with Crippen molar-refractivity contribution in [1.82, 2.24) is 0 Å². The molecular formula is C17H17Cl3O3. The van der Waals surface area contributed by atoms with Crippen molar-refractivity contribution in [2.45, 2.75) is 49.2 Å². The highest BCUT2D eigenvalue weighted by Crippen LogP contribution is 2.47. The zero-order chi connectivity index (χ0) is 16.6. The molecule has 1 aliphatic heterocycles. The zero-order valence-corrected chi connectivity index (χ0v) is 14.7. The summed E-state index contributed by atoms with van der Waals surface area (Å²) in [4.78, 5) is 10.8. The largest absolute Gasteiger partial charge is 0.462 e. The van der Waals surface area contributed by atoms with Crippen molar-refractivity contribution >= 4 is 45.8 Å². The van der Waals surface area contributed by atoms with Crippen molar-refractivity contribution in [2.24, 2.45) is 0 Å². The highest BCUT2D eigenvalue weighted by atomic mass is 35.5. The van der Waals surface area contributed by atoms with Crippen LogP contribution in [0.1, 0.15) is 43.2 Å². The van der Waals surface area contributed by atoms with Crippen LogP contribution in [0.2, 0.25) is 5.02 Å². The summed E-state index contributed by atoms with van der Waals surface area (Å²) in [7, 11) is 0. The number of alkyl halides is 1. The van der Waals surface area contributed by atoms with Crippen molar-refractivity contribution < 1.29 is 14.6 Å². The van der Waals surface area contributed by atoms with E-state index in [4.69, 9.17) is 39.5 Å². The van der Waals surface area contributed by atoms with Gasteiger partial charge in [-0.3, -0.25) is 4.79 Å². The Balaban J connectivity index is 1.77. The second-order valence-corrected chi connectivity index (χ2v) is 7.72. The monoisotopic (exact) mass is 374 g/mol. The molecule has 124 valence electrons. The number of esters is 1. The van der Waals surface area contributed by atoms with Crippen LogP contribution in [0.5, 0.6) is 0 Å². The second-order valence-electron chi connectivity index (χ2n) is 6.16. The Morgan fingerprint density at radius 1 is 1.35 bits per heavy atom. The number of cyclic esters (lactones) is 1. The van der Waals surface area contributed by atoms with E-state index in [-0.39, 0.29) is 18.5 Å². The van der Waals surface area contributed by atoms with Gasteiger partial charge in [-0.1, -0.05) is 35.3 Å². The summed E-state index contributed by atoms with van der Waals surface area (Å²) in [5.74, 6) is -0.351. The van der Waals surface area contributed by atoms with E-state index in [2.05, 4.69) is 0 Å². The fourth-order valence-corrected chi connectivity index (χ4v) is 4.00. The van der Waals surface area contributed by atoms with Gasteiger partial charge in [0.05, 0.1) is 17.4 Å². The predicted octanol–water partition coefficient (Wildman–Crippen LogP) is 4.60. The Morgan fingerprint density at radius 3 is 2.87 bits per heavy atom. The Morgan fingerprint density at radius 2 is 2.13 bits per heavy atom. The third kappa shape index (κ3) is 3.69. The molecule has 0 aromatic heterocycles. The third-order valence-corrected chi connectivity index (χ3v) is 5.56. The molecule has 1 aromatic rings. The number of benzene rings is 1. The topological polar surface area (TPSA) is 46.5 Å². The lowest BCUT2D eigenvalue weighted by Gasteiger charge is -2.34. The maximum atomic E-state index is 11.4. The van der Waals surface area contributed by atoms with Gasteiger partial charge >= 0.3 is 5.97 Å². The van der Waals surface area contributed by atoms with Gasteiger partial charge in [-0.05, 0) is 42.5 Å². The normalized spacial score (nSPS) is 30.4. The molecule has 0 amide bonds. The molecule has 1 aliphatic carbocycles. The van der Waals surface area contributed by atoms with Crippen LogP contribution in [0.25, 0.3) is 5.03 Å². The van der Waals surface area contributed by atoms with Crippen molar-refractivity contribution in [3.8, 4) is 0 Å². The molecule has 2 aliphatic rings. The number of aliphatic hydroxyl groups excluding tert-OH is 1. The van der Waals surface area contributed by atoms with E-state index >= 15 is 0 Å². The summed E-state index contributed by atoms with van der Waals surface area (Å²) in [5, 5.41) is 11.0. The minimum Gasteiger partial charge on any atom is -0.462 e. The average molecular weight is 376 g/mol. The molecular weight excluding hydrogens is 359 g/mol. The summed E-state index contributed by atoms with van der Waals surface area (Å²) in [6.45, 7) is 0. The zero-order valence-electron chi connectivity index (χ0n) is 12.4. The second kappa shape index (κ2) is 6.64. The summed E-state index contributed by atoms with van der Waals surface area (Å²) >= 11 is 19.2. The van der Waals surface area contributed by atoms with E-state index in [1.807, 2.05) is 18.2 Å². The van der Waals surface area contributed by atoms with Crippen molar-refractivity contribution in [3.05, 3.63) is 40.4 Å². The molecule has 3 nitrogen and oxygen atoms in total. The quantitative estimate of drug-likeness (QED) is 0.620. The predicted molar refractivity (Wildman–Crippen MR) is 91.8 cm³/mol. The first-order valence-electron chi connectivity index (χ1n) is 7.60. The molecule has 1 heterocycles. The van der Waals surface area contributed by atoms with E-state index in [0.717, 1.165) is 11.1 Å². The number of halogens is 3. The van der Waals surface area contributed by atoms with Crippen LogP contribution in [0.3, 0.4) is 0 Å². The van der Waals surface area contributed by atoms with Crippen LogP contribution < -0.4 is 0 Å². The molecule has 6 heteroatoms. The minimum absolute atomic E-state index is 0.0716. The van der Waals surface area contributed by atoms with Gasteiger partial charge in [-0.2, -0.15) is 0 Å². The fraction of sp³-hybridized carbons (Fsp3) is 0.471. The third-order valence-electron chi connectivity index (χ3n) is 4.42. The van der Waals surface area contributed by atoms with Gasteiger partial charge < -0.3 is 9.84 Å². The van der Waals surface area contributed by atoms with E-state index in [0.29, 0.717) is 35.7 Å². The number of carbonyl (C=O) groups is 1. The number of hydrogen-bond donors (Lipinski definition) is 1. The van der Waals surface area contributed by atoms with E-state index < -0.39 is 11.0 Å². The van der Waals surface area contributed by atoms with Crippen molar-refractivity contribution in [3.63, 3.8) is 0 Å². The number of rotatable bonds is 3. The van der Waals surface area contributed by atoms with Gasteiger partial charge in [0.15, 0.2) is 0 Å². The van der Waals surface area contributed by atoms with Crippen LogP contribution in [-0.2, 0) is 14.4 Å². The molecule has 1 N–H and O–H groups in total. The number of aliphatic hydroxyl groups is 1. The first kappa shape index (κ1) is 17.1. The molecule has 23 heavy (non-hydrogen) atoms. The van der Waals surface area contributed by atoms with Gasteiger partial charge in [0.2, 0.25) is 0 Å². The van der Waals surface area contributed by atoms with Crippen molar-refractivity contribution in [1.29, 1.82) is 0 Å². The van der Waals surface area contributed by atoms with Crippen LogP contribution in [0, 0.1) is 0 Å². The van der Waals surface area contributed by atoms with E-state index in [9.17, 15) is 9.90 Å². The summed E-state index contributed by atoms with van der Waals surface area (Å²) in [6.07, 6.45) is 3.33. The molecule has 0 bridgehead atoms. The number of ether oxygens (including phenoxy) is 1.